The predicted octanol–water partition coefficient (Wildman–Crippen LogP) is 3.12. The molecule has 1 unspecified atom stereocenters. The molecular weight excluding hydrogens is 244 g/mol. The molecule has 1 atom stereocenters. The van der Waals surface area contributed by atoms with Gasteiger partial charge in [0.05, 0.1) is 12.4 Å². The van der Waals surface area contributed by atoms with Gasteiger partial charge in [-0.15, -0.1) is 0 Å². The van der Waals surface area contributed by atoms with Crippen LogP contribution in [0, 0.1) is 0 Å². The normalized spacial score (nSPS) is 13.4. The van der Waals surface area contributed by atoms with E-state index in [0.717, 1.165) is 21.0 Å². The zero-order valence-corrected chi connectivity index (χ0v) is 9.41. The summed E-state index contributed by atoms with van der Waals surface area (Å²) in [6, 6.07) is 5.83. The Kier molecular flexibility index (Phi) is 2.61. The van der Waals surface area contributed by atoms with Crippen molar-refractivity contribution in [3.8, 4) is 0 Å². The summed E-state index contributed by atoms with van der Waals surface area (Å²) in [5.41, 5.74) is 1.90. The fourth-order valence-corrected chi connectivity index (χ4v) is 2.18. The molecule has 0 aliphatic rings. The Balaban J connectivity index is 2.55. The van der Waals surface area contributed by atoms with Crippen LogP contribution in [0.5, 0.6) is 0 Å². The van der Waals surface area contributed by atoms with Crippen LogP contribution >= 0.6 is 15.9 Å². The first kappa shape index (κ1) is 9.74. The largest absolute Gasteiger partial charge is 0.464 e. The second-order valence-corrected chi connectivity index (χ2v) is 4.28. The Morgan fingerprint density at radius 2 is 2.29 bits per heavy atom. The molecule has 2 nitrogen and oxygen atoms in total. The van der Waals surface area contributed by atoms with E-state index in [1.54, 1.807) is 13.2 Å². The maximum Gasteiger partial charge on any atom is 0.135 e. The molecule has 0 amide bonds. The molecule has 1 heterocycles. The van der Waals surface area contributed by atoms with E-state index in [2.05, 4.69) is 15.9 Å². The van der Waals surface area contributed by atoms with E-state index in [1.165, 1.54) is 0 Å². The maximum atomic E-state index is 9.32. The molecular formula is C11H11BrO2. The number of halogens is 1. The highest BCUT2D eigenvalue weighted by atomic mass is 79.9. The van der Waals surface area contributed by atoms with E-state index in [1.807, 2.05) is 18.2 Å². The summed E-state index contributed by atoms with van der Waals surface area (Å²) in [6.45, 7) is 1.77. The number of fused-ring (bicyclic) bond motifs is 1. The zero-order chi connectivity index (χ0) is 10.1. The molecule has 0 aliphatic heterocycles. The Morgan fingerprint density at radius 3 is 3.00 bits per heavy atom. The lowest BCUT2D eigenvalue weighted by Crippen LogP contribution is -2.03. The minimum Gasteiger partial charge on any atom is -0.464 e. The van der Waals surface area contributed by atoms with Crippen molar-refractivity contribution < 1.29 is 9.52 Å². The summed E-state index contributed by atoms with van der Waals surface area (Å²) < 4.78 is 6.40. The highest BCUT2D eigenvalue weighted by molar-refractivity contribution is 9.10. The van der Waals surface area contributed by atoms with Gasteiger partial charge in [-0.1, -0.05) is 22.0 Å². The number of benzene rings is 1. The number of hydrogen-bond donors (Lipinski definition) is 1. The summed E-state index contributed by atoms with van der Waals surface area (Å²) in [6.07, 6.45) is 1.99. The first-order valence-corrected chi connectivity index (χ1v) is 5.30. The molecule has 0 spiro atoms. The van der Waals surface area contributed by atoms with Gasteiger partial charge < -0.3 is 9.52 Å². The minimum absolute atomic E-state index is 0.345. The van der Waals surface area contributed by atoms with Gasteiger partial charge in [0.15, 0.2) is 0 Å². The average molecular weight is 255 g/mol. The van der Waals surface area contributed by atoms with Gasteiger partial charge >= 0.3 is 0 Å². The van der Waals surface area contributed by atoms with Crippen molar-refractivity contribution >= 4 is 26.9 Å². The summed E-state index contributed by atoms with van der Waals surface area (Å²) >= 11 is 3.48. The number of hydrogen-bond acceptors (Lipinski definition) is 2. The summed E-state index contributed by atoms with van der Waals surface area (Å²) in [4.78, 5) is 0. The molecule has 0 aliphatic carbocycles. The molecule has 0 radical (unpaired) electrons. The molecule has 0 fully saturated rings. The number of aliphatic hydroxyl groups is 1. The van der Waals surface area contributed by atoms with E-state index < -0.39 is 0 Å². The lowest BCUT2D eigenvalue weighted by atomic mass is 10.1. The topological polar surface area (TPSA) is 33.4 Å². The molecule has 0 saturated heterocycles. The summed E-state index contributed by atoms with van der Waals surface area (Å²) in [5, 5.41) is 10.4. The molecule has 1 aromatic heterocycles. The lowest BCUT2D eigenvalue weighted by Gasteiger charge is -2.01. The zero-order valence-electron chi connectivity index (χ0n) is 7.83. The fraction of sp³-hybridized carbons (Fsp3) is 0.273. The minimum atomic E-state index is -0.345. The van der Waals surface area contributed by atoms with Gasteiger partial charge in [0.25, 0.3) is 0 Å². The number of furan rings is 1. The molecule has 2 rings (SSSR count). The molecule has 0 saturated carbocycles. The molecule has 74 valence electrons. The number of aliphatic hydroxyl groups excluding tert-OH is 1. The maximum absolute atomic E-state index is 9.32. The van der Waals surface area contributed by atoms with E-state index in [9.17, 15) is 5.11 Å². The Bertz CT molecular complexity index is 445. The van der Waals surface area contributed by atoms with Gasteiger partial charge in [-0.3, -0.25) is 0 Å². The standard InChI is InChI=1S/C11H11BrO2/c1-7(13)5-8-6-14-10-4-2-3-9(12)11(8)10/h2-4,6-7,13H,5H2,1H3. The molecule has 14 heavy (non-hydrogen) atoms. The van der Waals surface area contributed by atoms with Crippen LogP contribution in [0.25, 0.3) is 11.0 Å². The van der Waals surface area contributed by atoms with Crippen LogP contribution in [0.2, 0.25) is 0 Å². The highest BCUT2D eigenvalue weighted by Crippen LogP contribution is 2.29. The molecule has 2 aromatic rings. The van der Waals surface area contributed by atoms with Crippen LogP contribution < -0.4 is 0 Å². The predicted molar refractivity (Wildman–Crippen MR) is 59.3 cm³/mol. The van der Waals surface area contributed by atoms with Gasteiger partial charge in [0.2, 0.25) is 0 Å². The van der Waals surface area contributed by atoms with Gasteiger partial charge in [0.1, 0.15) is 5.58 Å². The van der Waals surface area contributed by atoms with Gasteiger partial charge in [0, 0.05) is 21.8 Å². The van der Waals surface area contributed by atoms with Crippen LogP contribution in [0.3, 0.4) is 0 Å². The summed E-state index contributed by atoms with van der Waals surface area (Å²) in [7, 11) is 0. The van der Waals surface area contributed by atoms with E-state index in [-0.39, 0.29) is 6.10 Å². The fourth-order valence-electron chi connectivity index (χ4n) is 1.58. The van der Waals surface area contributed by atoms with Crippen molar-refractivity contribution in [2.45, 2.75) is 19.4 Å². The van der Waals surface area contributed by atoms with Crippen molar-refractivity contribution in [1.82, 2.24) is 0 Å². The molecule has 3 heteroatoms. The van der Waals surface area contributed by atoms with Crippen LogP contribution in [-0.2, 0) is 6.42 Å². The second-order valence-electron chi connectivity index (χ2n) is 3.43. The van der Waals surface area contributed by atoms with Crippen molar-refractivity contribution in [3.63, 3.8) is 0 Å². The summed E-state index contributed by atoms with van der Waals surface area (Å²) in [5.74, 6) is 0. The molecule has 1 N–H and O–H groups in total. The van der Waals surface area contributed by atoms with Crippen LogP contribution in [0.15, 0.2) is 33.4 Å². The monoisotopic (exact) mass is 254 g/mol. The van der Waals surface area contributed by atoms with Gasteiger partial charge in [-0.05, 0) is 19.1 Å². The second kappa shape index (κ2) is 3.75. The van der Waals surface area contributed by atoms with E-state index in [4.69, 9.17) is 4.42 Å². The SMILES string of the molecule is CC(O)Cc1coc2cccc(Br)c12. The Hall–Kier alpha value is -0.800. The average Bonchev–Trinajstić information content (AvgIpc) is 2.49. The van der Waals surface area contributed by atoms with Crippen molar-refractivity contribution in [2.75, 3.05) is 0 Å². The lowest BCUT2D eigenvalue weighted by molar-refractivity contribution is 0.195. The van der Waals surface area contributed by atoms with Crippen molar-refractivity contribution in [2.24, 2.45) is 0 Å². The smallest absolute Gasteiger partial charge is 0.135 e. The Labute approximate surface area is 90.7 Å². The third kappa shape index (κ3) is 1.70. The highest BCUT2D eigenvalue weighted by Gasteiger charge is 2.10. The van der Waals surface area contributed by atoms with Crippen LogP contribution in [0.1, 0.15) is 12.5 Å². The third-order valence-electron chi connectivity index (χ3n) is 2.14. The molecule has 1 aromatic carbocycles. The van der Waals surface area contributed by atoms with Gasteiger partial charge in [-0.25, -0.2) is 0 Å². The Morgan fingerprint density at radius 1 is 1.50 bits per heavy atom. The first-order chi connectivity index (χ1) is 6.68. The van der Waals surface area contributed by atoms with Crippen molar-refractivity contribution in [1.29, 1.82) is 0 Å². The molecule has 0 bridgehead atoms. The van der Waals surface area contributed by atoms with Gasteiger partial charge in [-0.2, -0.15) is 0 Å². The third-order valence-corrected chi connectivity index (χ3v) is 2.80. The number of rotatable bonds is 2. The van der Waals surface area contributed by atoms with Crippen LogP contribution in [-0.4, -0.2) is 11.2 Å². The quantitative estimate of drug-likeness (QED) is 0.894. The first-order valence-electron chi connectivity index (χ1n) is 4.51. The van der Waals surface area contributed by atoms with E-state index in [0.29, 0.717) is 6.42 Å². The van der Waals surface area contributed by atoms with E-state index >= 15 is 0 Å². The van der Waals surface area contributed by atoms with Crippen molar-refractivity contribution in [3.05, 3.63) is 34.5 Å². The van der Waals surface area contributed by atoms with Crippen LogP contribution in [0.4, 0.5) is 0 Å².